The van der Waals surface area contributed by atoms with Crippen molar-refractivity contribution in [1.29, 1.82) is 0 Å². The fourth-order valence-corrected chi connectivity index (χ4v) is 4.99. The number of urea groups is 1. The summed E-state index contributed by atoms with van der Waals surface area (Å²) in [7, 11) is 0. The van der Waals surface area contributed by atoms with Crippen molar-refractivity contribution in [3.8, 4) is 0 Å². The van der Waals surface area contributed by atoms with Crippen molar-refractivity contribution >= 4 is 17.8 Å². The largest absolute Gasteiger partial charge is 0.352 e. The number of aryl methyl sites for hydroxylation is 1. The number of carbonyl (C=O) groups is 3. The molecule has 4 amide bonds. The molecule has 0 aromatic heterocycles. The van der Waals surface area contributed by atoms with Crippen LogP contribution in [0.4, 0.5) is 4.79 Å². The Morgan fingerprint density at radius 3 is 2.55 bits per heavy atom. The van der Waals surface area contributed by atoms with Crippen LogP contribution in [-0.2, 0) is 22.7 Å². The Balaban J connectivity index is 1.53. The summed E-state index contributed by atoms with van der Waals surface area (Å²) in [5.74, 6) is -0.665. The second kappa shape index (κ2) is 10.0. The smallest absolute Gasteiger partial charge is 0.327 e. The van der Waals surface area contributed by atoms with E-state index in [1.165, 1.54) is 4.90 Å². The van der Waals surface area contributed by atoms with E-state index in [2.05, 4.69) is 11.9 Å². The second-order valence-corrected chi connectivity index (χ2v) is 8.96. The highest BCUT2D eigenvalue weighted by molar-refractivity contribution is 5.99. The van der Waals surface area contributed by atoms with Gasteiger partial charge < -0.3 is 10.2 Å². The van der Waals surface area contributed by atoms with Crippen LogP contribution < -0.4 is 5.32 Å². The molecule has 4 rings (SSSR count). The lowest BCUT2D eigenvalue weighted by Crippen LogP contribution is -2.63. The van der Waals surface area contributed by atoms with Crippen LogP contribution in [0.3, 0.4) is 0 Å². The van der Waals surface area contributed by atoms with Gasteiger partial charge in [0.25, 0.3) is 0 Å². The normalized spacial score (nSPS) is 22.6. The van der Waals surface area contributed by atoms with Gasteiger partial charge in [-0.2, -0.15) is 0 Å². The van der Waals surface area contributed by atoms with Crippen molar-refractivity contribution < 1.29 is 14.4 Å². The molecule has 2 fully saturated rings. The molecule has 1 aliphatic heterocycles. The number of benzene rings is 2. The number of rotatable bonds is 7. The number of hydrogen-bond acceptors (Lipinski definition) is 3. The number of fused-ring (bicyclic) bond motifs is 1. The Morgan fingerprint density at radius 1 is 1.09 bits per heavy atom. The van der Waals surface area contributed by atoms with Gasteiger partial charge in [-0.05, 0) is 42.9 Å². The van der Waals surface area contributed by atoms with Crippen LogP contribution in [0.5, 0.6) is 0 Å². The summed E-state index contributed by atoms with van der Waals surface area (Å²) in [5.41, 5.74) is 3.19. The molecule has 2 aliphatic rings. The van der Waals surface area contributed by atoms with Crippen LogP contribution in [0, 0.1) is 18.8 Å². The minimum Gasteiger partial charge on any atom is -0.352 e. The van der Waals surface area contributed by atoms with E-state index in [0.717, 1.165) is 16.7 Å². The Hall–Kier alpha value is -3.41. The molecule has 172 valence electrons. The van der Waals surface area contributed by atoms with Gasteiger partial charge >= 0.3 is 6.03 Å². The van der Waals surface area contributed by atoms with Gasteiger partial charge in [0.1, 0.15) is 0 Å². The van der Waals surface area contributed by atoms with E-state index in [0.29, 0.717) is 32.4 Å². The van der Waals surface area contributed by atoms with E-state index >= 15 is 0 Å². The van der Waals surface area contributed by atoms with Gasteiger partial charge in [-0.3, -0.25) is 14.5 Å². The van der Waals surface area contributed by atoms with Crippen molar-refractivity contribution in [3.05, 3.63) is 83.9 Å². The lowest BCUT2D eigenvalue weighted by Gasteiger charge is -2.48. The third-order valence-electron chi connectivity index (χ3n) is 6.87. The molecule has 3 atom stereocenters. The van der Waals surface area contributed by atoms with Gasteiger partial charge in [0.15, 0.2) is 0 Å². The van der Waals surface area contributed by atoms with E-state index in [-0.39, 0.29) is 42.3 Å². The molecule has 2 aromatic rings. The lowest BCUT2D eigenvalue weighted by molar-refractivity contribution is -0.143. The molecular formula is C27H31N3O3. The summed E-state index contributed by atoms with van der Waals surface area (Å²) >= 11 is 0. The number of amides is 4. The molecular weight excluding hydrogens is 414 g/mol. The molecule has 3 unspecified atom stereocenters. The molecule has 2 aromatic carbocycles. The molecule has 6 heteroatoms. The second-order valence-electron chi connectivity index (χ2n) is 8.96. The molecule has 1 aliphatic carbocycles. The molecule has 0 bridgehead atoms. The van der Waals surface area contributed by atoms with Crippen LogP contribution in [-0.4, -0.2) is 40.2 Å². The van der Waals surface area contributed by atoms with E-state index in [4.69, 9.17) is 0 Å². The number of nitrogens with zero attached hydrogens (tertiary/aromatic N) is 2. The number of hydrogen-bond donors (Lipinski definition) is 1. The van der Waals surface area contributed by atoms with Gasteiger partial charge in [0.05, 0.1) is 5.92 Å². The van der Waals surface area contributed by atoms with E-state index in [1.807, 2.05) is 61.5 Å². The first kappa shape index (κ1) is 22.8. The summed E-state index contributed by atoms with van der Waals surface area (Å²) in [6.07, 6.45) is 3.32. The SMILES string of the molecule is C=CCN1C(=O)C2CCC(C(=O)NCc3ccccc3)CC2N(Cc2ccccc2C)C1=O. The first-order valence-electron chi connectivity index (χ1n) is 11.6. The monoisotopic (exact) mass is 445 g/mol. The van der Waals surface area contributed by atoms with Crippen LogP contribution in [0.15, 0.2) is 67.3 Å². The maximum atomic E-state index is 13.4. The van der Waals surface area contributed by atoms with Gasteiger partial charge in [-0.25, -0.2) is 4.79 Å². The predicted octanol–water partition coefficient (Wildman–Crippen LogP) is 4.05. The maximum absolute atomic E-state index is 13.4. The van der Waals surface area contributed by atoms with Crippen LogP contribution in [0.2, 0.25) is 0 Å². The summed E-state index contributed by atoms with van der Waals surface area (Å²) in [5, 5.41) is 3.04. The van der Waals surface area contributed by atoms with E-state index in [9.17, 15) is 14.4 Å². The summed E-state index contributed by atoms with van der Waals surface area (Å²) in [6, 6.07) is 17.2. The number of imide groups is 1. The summed E-state index contributed by atoms with van der Waals surface area (Å²) in [6.45, 7) is 6.83. The third kappa shape index (κ3) is 4.85. The topological polar surface area (TPSA) is 69.7 Å². The van der Waals surface area contributed by atoms with Crippen molar-refractivity contribution in [1.82, 2.24) is 15.1 Å². The van der Waals surface area contributed by atoms with E-state index < -0.39 is 0 Å². The minimum atomic E-state index is -0.297. The zero-order chi connectivity index (χ0) is 23.4. The molecule has 33 heavy (non-hydrogen) atoms. The molecule has 0 radical (unpaired) electrons. The zero-order valence-electron chi connectivity index (χ0n) is 19.1. The van der Waals surface area contributed by atoms with Gasteiger partial charge in [0.2, 0.25) is 11.8 Å². The Morgan fingerprint density at radius 2 is 1.82 bits per heavy atom. The zero-order valence-corrected chi connectivity index (χ0v) is 19.1. The average Bonchev–Trinajstić information content (AvgIpc) is 2.84. The van der Waals surface area contributed by atoms with Gasteiger partial charge in [0, 0.05) is 31.6 Å². The van der Waals surface area contributed by atoms with Crippen molar-refractivity contribution in [2.75, 3.05) is 6.54 Å². The average molecular weight is 446 g/mol. The fraction of sp³-hybridized carbons (Fsp3) is 0.370. The molecule has 1 saturated carbocycles. The molecule has 1 heterocycles. The third-order valence-corrected chi connectivity index (χ3v) is 6.87. The molecule has 6 nitrogen and oxygen atoms in total. The summed E-state index contributed by atoms with van der Waals surface area (Å²) in [4.78, 5) is 42.6. The van der Waals surface area contributed by atoms with Crippen LogP contribution >= 0.6 is 0 Å². The summed E-state index contributed by atoms with van der Waals surface area (Å²) < 4.78 is 0. The Bertz CT molecular complexity index is 1040. The highest BCUT2D eigenvalue weighted by Crippen LogP contribution is 2.38. The Labute approximate surface area is 195 Å². The van der Waals surface area contributed by atoms with Crippen LogP contribution in [0.1, 0.15) is 36.0 Å². The molecule has 0 spiro atoms. The maximum Gasteiger partial charge on any atom is 0.327 e. The quantitative estimate of drug-likeness (QED) is 0.654. The van der Waals surface area contributed by atoms with E-state index in [1.54, 1.807) is 11.0 Å². The minimum absolute atomic E-state index is 0.0124. The highest BCUT2D eigenvalue weighted by Gasteiger charge is 2.49. The highest BCUT2D eigenvalue weighted by atomic mass is 16.2. The van der Waals surface area contributed by atoms with Gasteiger partial charge in [-0.15, -0.1) is 6.58 Å². The van der Waals surface area contributed by atoms with Gasteiger partial charge in [-0.1, -0.05) is 60.7 Å². The van der Waals surface area contributed by atoms with Crippen LogP contribution in [0.25, 0.3) is 0 Å². The lowest BCUT2D eigenvalue weighted by atomic mass is 9.75. The fourth-order valence-electron chi connectivity index (χ4n) is 4.99. The van der Waals surface area contributed by atoms with Crippen molar-refractivity contribution in [2.45, 2.75) is 45.3 Å². The molecule has 1 N–H and O–H groups in total. The van der Waals surface area contributed by atoms with Crippen molar-refractivity contribution in [3.63, 3.8) is 0 Å². The first-order chi connectivity index (χ1) is 16.0. The van der Waals surface area contributed by atoms with Crippen molar-refractivity contribution in [2.24, 2.45) is 11.8 Å². The standard InChI is InChI=1S/C27H31N3O3/c1-3-15-29-26(32)23-14-13-21(25(31)28-17-20-10-5-4-6-11-20)16-24(23)30(27(29)33)18-22-12-8-7-9-19(22)2/h3-12,21,23-24H,1,13-18H2,2H3,(H,28,31). The Kier molecular flexibility index (Phi) is 6.92. The molecule has 1 saturated heterocycles. The predicted molar refractivity (Wildman–Crippen MR) is 127 cm³/mol. The number of carbonyl (C=O) groups excluding carboxylic acids is 3. The number of nitrogens with one attached hydrogen (secondary N) is 1. The first-order valence-corrected chi connectivity index (χ1v) is 11.6.